The molecule has 0 bridgehead atoms. The van der Waals surface area contributed by atoms with Gasteiger partial charge in [0.05, 0.1) is 11.6 Å². The maximum absolute atomic E-state index is 9.60. The first-order valence-corrected chi connectivity index (χ1v) is 5.06. The Hall–Kier alpha value is -0.160. The number of hydrogen-bond donors (Lipinski definition) is 4. The zero-order valence-electron chi connectivity index (χ0n) is 9.67. The van der Waals surface area contributed by atoms with Crippen LogP contribution in [0.2, 0.25) is 0 Å². The van der Waals surface area contributed by atoms with Gasteiger partial charge >= 0.3 is 0 Å². The van der Waals surface area contributed by atoms with Crippen molar-refractivity contribution in [3.05, 3.63) is 0 Å². The van der Waals surface area contributed by atoms with Gasteiger partial charge in [-0.25, -0.2) is 0 Å². The Kier molecular flexibility index (Phi) is 5.01. The Morgan fingerprint density at radius 1 is 1.36 bits per heavy atom. The predicted molar refractivity (Wildman–Crippen MR) is 58.1 cm³/mol. The maximum Gasteiger partial charge on any atom is 0.0703 e. The van der Waals surface area contributed by atoms with Crippen molar-refractivity contribution in [2.24, 2.45) is 5.73 Å². The molecule has 0 aromatic heterocycles. The van der Waals surface area contributed by atoms with Crippen molar-refractivity contribution in [3.63, 3.8) is 0 Å². The van der Waals surface area contributed by atoms with E-state index in [1.807, 2.05) is 20.8 Å². The van der Waals surface area contributed by atoms with E-state index in [0.29, 0.717) is 13.0 Å². The fraction of sp³-hybridized carbons (Fsp3) is 1.00. The summed E-state index contributed by atoms with van der Waals surface area (Å²) < 4.78 is 0. The number of nitrogens with two attached hydrogens (primary N) is 1. The zero-order valence-corrected chi connectivity index (χ0v) is 9.67. The molecule has 0 fully saturated rings. The molecular weight excluding hydrogens is 180 g/mol. The molecular formula is C10H24N2O2. The molecule has 2 atom stereocenters. The number of nitrogens with one attached hydrogen (secondary N) is 1. The second kappa shape index (κ2) is 5.07. The normalized spacial score (nSPS) is 19.1. The Labute approximate surface area is 86.5 Å². The van der Waals surface area contributed by atoms with E-state index in [-0.39, 0.29) is 12.1 Å². The smallest absolute Gasteiger partial charge is 0.0703 e. The van der Waals surface area contributed by atoms with Gasteiger partial charge in [0.15, 0.2) is 0 Å². The van der Waals surface area contributed by atoms with E-state index in [0.717, 1.165) is 0 Å². The molecule has 4 nitrogen and oxygen atoms in total. The summed E-state index contributed by atoms with van der Waals surface area (Å²) in [6.07, 6.45) is 0.112. The quantitative estimate of drug-likeness (QED) is 0.484. The number of aliphatic hydroxyl groups excluding tert-OH is 2. The van der Waals surface area contributed by atoms with Gasteiger partial charge in [-0.1, -0.05) is 0 Å². The van der Waals surface area contributed by atoms with Gasteiger partial charge in [0.1, 0.15) is 0 Å². The third-order valence-electron chi connectivity index (χ3n) is 2.71. The van der Waals surface area contributed by atoms with E-state index in [4.69, 9.17) is 10.8 Å². The van der Waals surface area contributed by atoms with Crippen molar-refractivity contribution in [2.45, 2.75) is 51.3 Å². The molecule has 0 aromatic rings. The highest BCUT2D eigenvalue weighted by Crippen LogP contribution is 2.17. The largest absolute Gasteiger partial charge is 0.396 e. The molecule has 0 aliphatic carbocycles. The zero-order chi connectivity index (χ0) is 11.4. The van der Waals surface area contributed by atoms with Gasteiger partial charge in [0.25, 0.3) is 0 Å². The highest BCUT2D eigenvalue weighted by Gasteiger charge is 2.33. The maximum atomic E-state index is 9.60. The molecule has 0 spiro atoms. The first kappa shape index (κ1) is 13.8. The minimum Gasteiger partial charge on any atom is -0.396 e. The SMILES string of the molecule is CC(O)C(C)(CN)NC(C)(C)CCO. The average Bonchev–Trinajstić information content (AvgIpc) is 2.02. The number of rotatable bonds is 6. The minimum atomic E-state index is -0.523. The molecule has 0 radical (unpaired) electrons. The summed E-state index contributed by atoms with van der Waals surface area (Å²) in [4.78, 5) is 0. The van der Waals surface area contributed by atoms with Crippen LogP contribution in [-0.4, -0.2) is 40.5 Å². The third-order valence-corrected chi connectivity index (χ3v) is 2.71. The molecule has 0 heterocycles. The van der Waals surface area contributed by atoms with E-state index in [1.165, 1.54) is 0 Å². The van der Waals surface area contributed by atoms with E-state index >= 15 is 0 Å². The summed E-state index contributed by atoms with van der Waals surface area (Å²) in [6, 6.07) is 0. The molecule has 86 valence electrons. The van der Waals surface area contributed by atoms with Crippen LogP contribution in [0.25, 0.3) is 0 Å². The van der Waals surface area contributed by atoms with Crippen molar-refractivity contribution in [2.75, 3.05) is 13.2 Å². The van der Waals surface area contributed by atoms with Gasteiger partial charge in [0, 0.05) is 18.7 Å². The van der Waals surface area contributed by atoms with Gasteiger partial charge < -0.3 is 21.3 Å². The van der Waals surface area contributed by atoms with Crippen LogP contribution in [0.4, 0.5) is 0 Å². The summed E-state index contributed by atoms with van der Waals surface area (Å²) in [5.74, 6) is 0. The predicted octanol–water partition coefficient (Wildman–Crippen LogP) is -0.165. The fourth-order valence-electron chi connectivity index (χ4n) is 1.44. The van der Waals surface area contributed by atoms with Crippen LogP contribution in [-0.2, 0) is 0 Å². The standard InChI is InChI=1S/C10H24N2O2/c1-8(14)10(4,7-11)12-9(2,3)5-6-13/h8,12-14H,5-7,11H2,1-4H3. The number of aliphatic hydroxyl groups is 2. The van der Waals surface area contributed by atoms with E-state index in [9.17, 15) is 5.11 Å². The van der Waals surface area contributed by atoms with Crippen LogP contribution in [0.3, 0.4) is 0 Å². The van der Waals surface area contributed by atoms with Crippen LogP contribution < -0.4 is 11.1 Å². The van der Waals surface area contributed by atoms with Gasteiger partial charge in [-0.2, -0.15) is 0 Å². The molecule has 4 heteroatoms. The van der Waals surface area contributed by atoms with Crippen molar-refractivity contribution < 1.29 is 10.2 Å². The highest BCUT2D eigenvalue weighted by atomic mass is 16.3. The van der Waals surface area contributed by atoms with Crippen molar-refractivity contribution >= 4 is 0 Å². The van der Waals surface area contributed by atoms with Crippen LogP contribution in [0.5, 0.6) is 0 Å². The molecule has 0 amide bonds. The molecule has 0 saturated carbocycles. The molecule has 2 unspecified atom stereocenters. The third kappa shape index (κ3) is 3.92. The molecule has 14 heavy (non-hydrogen) atoms. The van der Waals surface area contributed by atoms with Crippen molar-refractivity contribution in [1.82, 2.24) is 5.32 Å². The monoisotopic (exact) mass is 204 g/mol. The van der Waals surface area contributed by atoms with E-state index in [2.05, 4.69) is 5.32 Å². The lowest BCUT2D eigenvalue weighted by Crippen LogP contribution is -2.62. The van der Waals surface area contributed by atoms with Gasteiger partial charge in [-0.05, 0) is 34.1 Å². The first-order chi connectivity index (χ1) is 6.27. The van der Waals surface area contributed by atoms with Crippen LogP contribution in [0.1, 0.15) is 34.1 Å². The van der Waals surface area contributed by atoms with Crippen molar-refractivity contribution in [3.8, 4) is 0 Å². The lowest BCUT2D eigenvalue weighted by Gasteiger charge is -2.40. The highest BCUT2D eigenvalue weighted by molar-refractivity contribution is 4.95. The van der Waals surface area contributed by atoms with E-state index < -0.39 is 11.6 Å². The molecule has 0 aromatic carbocycles. The van der Waals surface area contributed by atoms with Crippen LogP contribution in [0.15, 0.2) is 0 Å². The lowest BCUT2D eigenvalue weighted by molar-refractivity contribution is 0.0628. The summed E-state index contributed by atoms with van der Waals surface area (Å²) >= 11 is 0. The summed E-state index contributed by atoms with van der Waals surface area (Å²) in [7, 11) is 0. The van der Waals surface area contributed by atoms with E-state index in [1.54, 1.807) is 6.92 Å². The Morgan fingerprint density at radius 2 is 1.86 bits per heavy atom. The lowest BCUT2D eigenvalue weighted by atomic mass is 9.90. The minimum absolute atomic E-state index is 0.125. The molecule has 0 rings (SSSR count). The van der Waals surface area contributed by atoms with Crippen LogP contribution >= 0.6 is 0 Å². The van der Waals surface area contributed by atoms with Crippen molar-refractivity contribution in [1.29, 1.82) is 0 Å². The molecule has 0 saturated heterocycles. The molecule has 5 N–H and O–H groups in total. The second-order valence-corrected chi connectivity index (χ2v) is 4.78. The average molecular weight is 204 g/mol. The number of hydrogen-bond acceptors (Lipinski definition) is 4. The molecule has 0 aliphatic heterocycles. The Bertz CT molecular complexity index is 172. The summed E-state index contributed by atoms with van der Waals surface area (Å²) in [5.41, 5.74) is 4.90. The first-order valence-electron chi connectivity index (χ1n) is 5.06. The summed E-state index contributed by atoms with van der Waals surface area (Å²) in [6.45, 7) is 8.06. The Morgan fingerprint density at radius 3 is 2.14 bits per heavy atom. The fourth-order valence-corrected chi connectivity index (χ4v) is 1.44. The van der Waals surface area contributed by atoms with Gasteiger partial charge in [-0.15, -0.1) is 0 Å². The Balaban J connectivity index is 4.44. The van der Waals surface area contributed by atoms with Gasteiger partial charge in [-0.3, -0.25) is 0 Å². The second-order valence-electron chi connectivity index (χ2n) is 4.78. The topological polar surface area (TPSA) is 78.5 Å². The van der Waals surface area contributed by atoms with Gasteiger partial charge in [0.2, 0.25) is 0 Å². The summed E-state index contributed by atoms with van der Waals surface area (Å²) in [5, 5.41) is 21.8. The molecule has 0 aliphatic rings. The van der Waals surface area contributed by atoms with Crippen LogP contribution in [0, 0.1) is 0 Å².